The third-order valence-electron chi connectivity index (χ3n) is 4.55. The van der Waals surface area contributed by atoms with Gasteiger partial charge in [-0.15, -0.1) is 0 Å². The molecule has 0 radical (unpaired) electrons. The van der Waals surface area contributed by atoms with Crippen molar-refractivity contribution in [3.8, 4) is 0 Å². The zero-order chi connectivity index (χ0) is 21.0. The maximum atomic E-state index is 12.8. The van der Waals surface area contributed by atoms with Crippen molar-refractivity contribution in [3.05, 3.63) is 83.4 Å². The second kappa shape index (κ2) is 8.34. The van der Waals surface area contributed by atoms with Gasteiger partial charge in [-0.3, -0.25) is 4.79 Å². The average molecular weight is 401 g/mol. The molecule has 7 heteroatoms. The van der Waals surface area contributed by atoms with Gasteiger partial charge < -0.3 is 10.1 Å². The summed E-state index contributed by atoms with van der Waals surface area (Å²) in [5.41, 5.74) is 0.0756. The molecule has 0 aliphatic rings. The fraction of sp³-hybridized carbons (Fsp3) is 0.182. The zero-order valence-corrected chi connectivity index (χ0v) is 15.5. The van der Waals surface area contributed by atoms with Gasteiger partial charge in [-0.05, 0) is 34.5 Å². The number of hydrogen-bond acceptors (Lipinski definition) is 3. The molecule has 4 nitrogen and oxygen atoms in total. The topological polar surface area (TPSA) is 55.4 Å². The second-order valence-electron chi connectivity index (χ2n) is 6.47. The van der Waals surface area contributed by atoms with Crippen molar-refractivity contribution < 1.29 is 27.5 Å². The smallest absolute Gasteiger partial charge is 0.416 e. The van der Waals surface area contributed by atoms with E-state index < -0.39 is 29.7 Å². The van der Waals surface area contributed by atoms with E-state index in [0.29, 0.717) is 11.1 Å². The number of rotatable bonds is 5. The van der Waals surface area contributed by atoms with Crippen LogP contribution in [-0.2, 0) is 22.1 Å². The lowest BCUT2D eigenvalue weighted by Gasteiger charge is -2.18. The third kappa shape index (κ3) is 4.74. The van der Waals surface area contributed by atoms with Crippen molar-refractivity contribution in [1.82, 2.24) is 5.32 Å². The summed E-state index contributed by atoms with van der Waals surface area (Å²) in [6, 6.07) is 16.0. The van der Waals surface area contributed by atoms with Crippen molar-refractivity contribution in [2.45, 2.75) is 18.6 Å². The Labute approximate surface area is 165 Å². The number of carbonyl (C=O) groups excluding carboxylic acids is 2. The summed E-state index contributed by atoms with van der Waals surface area (Å²) in [5, 5.41) is 4.23. The van der Waals surface area contributed by atoms with E-state index in [1.807, 2.05) is 18.2 Å². The van der Waals surface area contributed by atoms with Gasteiger partial charge in [0, 0.05) is 12.0 Å². The summed E-state index contributed by atoms with van der Waals surface area (Å²) in [7, 11) is 1.19. The highest BCUT2D eigenvalue weighted by atomic mass is 19.4. The number of ether oxygens (including phenoxy) is 1. The molecule has 1 N–H and O–H groups in total. The molecular formula is C22H18F3NO3. The largest absolute Gasteiger partial charge is 0.467 e. The van der Waals surface area contributed by atoms with Crippen LogP contribution in [0.25, 0.3) is 10.8 Å². The molecule has 0 spiro atoms. The molecule has 150 valence electrons. The average Bonchev–Trinajstić information content (AvgIpc) is 2.72. The summed E-state index contributed by atoms with van der Waals surface area (Å²) in [6.45, 7) is 0. The number of amides is 1. The minimum atomic E-state index is -4.44. The van der Waals surface area contributed by atoms with Crippen LogP contribution in [0.3, 0.4) is 0 Å². The molecule has 1 atom stereocenters. The fourth-order valence-electron chi connectivity index (χ4n) is 3.06. The van der Waals surface area contributed by atoms with Crippen molar-refractivity contribution in [2.75, 3.05) is 7.11 Å². The van der Waals surface area contributed by atoms with Crippen molar-refractivity contribution >= 4 is 22.6 Å². The molecule has 0 heterocycles. The molecule has 1 amide bonds. The number of nitrogens with one attached hydrogen (secondary N) is 1. The third-order valence-corrected chi connectivity index (χ3v) is 4.55. The predicted octanol–water partition coefficient (Wildman–Crippen LogP) is 4.37. The first-order valence-corrected chi connectivity index (χ1v) is 8.82. The van der Waals surface area contributed by atoms with Gasteiger partial charge in [0.2, 0.25) is 0 Å². The number of hydrogen-bond donors (Lipinski definition) is 1. The van der Waals surface area contributed by atoms with Gasteiger partial charge >= 0.3 is 12.1 Å². The summed E-state index contributed by atoms with van der Waals surface area (Å²) < 4.78 is 42.9. The minimum Gasteiger partial charge on any atom is -0.467 e. The Morgan fingerprint density at radius 2 is 1.62 bits per heavy atom. The van der Waals surface area contributed by atoms with E-state index in [9.17, 15) is 22.8 Å². The van der Waals surface area contributed by atoms with Crippen molar-refractivity contribution in [3.63, 3.8) is 0 Å². The lowest BCUT2D eigenvalue weighted by atomic mass is 10.0. The number of alkyl halides is 3. The van der Waals surface area contributed by atoms with Crippen LogP contribution in [0.4, 0.5) is 13.2 Å². The second-order valence-corrected chi connectivity index (χ2v) is 6.47. The normalized spacial score (nSPS) is 12.4. The van der Waals surface area contributed by atoms with E-state index in [-0.39, 0.29) is 6.42 Å². The Balaban J connectivity index is 1.82. The maximum absolute atomic E-state index is 12.8. The standard InChI is InChI=1S/C22H18F3NO3/c1-29-21(28)19(13-14-9-11-16(12-10-14)22(23,24)25)26-20(27)18-8-4-6-15-5-2-3-7-17(15)18/h2-12,19H,13H2,1H3,(H,26,27)/t19-/m1/s1. The lowest BCUT2D eigenvalue weighted by Crippen LogP contribution is -2.43. The summed E-state index contributed by atoms with van der Waals surface area (Å²) >= 11 is 0. The van der Waals surface area contributed by atoms with E-state index in [4.69, 9.17) is 4.74 Å². The first kappa shape index (κ1) is 20.4. The fourth-order valence-corrected chi connectivity index (χ4v) is 3.06. The number of methoxy groups -OCH3 is 1. The highest BCUT2D eigenvalue weighted by Crippen LogP contribution is 2.29. The molecule has 0 bridgehead atoms. The molecule has 0 aromatic heterocycles. The molecular weight excluding hydrogens is 383 g/mol. The molecule has 0 aliphatic carbocycles. The Morgan fingerprint density at radius 3 is 2.28 bits per heavy atom. The van der Waals surface area contributed by atoms with Crippen LogP contribution in [0.2, 0.25) is 0 Å². The molecule has 29 heavy (non-hydrogen) atoms. The van der Waals surface area contributed by atoms with E-state index >= 15 is 0 Å². The first-order chi connectivity index (χ1) is 13.8. The summed E-state index contributed by atoms with van der Waals surface area (Å²) in [4.78, 5) is 25.0. The van der Waals surface area contributed by atoms with Crippen molar-refractivity contribution in [1.29, 1.82) is 0 Å². The van der Waals surface area contributed by atoms with Gasteiger partial charge in [0.15, 0.2) is 0 Å². The summed E-state index contributed by atoms with van der Waals surface area (Å²) in [6.07, 6.45) is -4.44. The number of benzene rings is 3. The molecule has 3 aromatic carbocycles. The van der Waals surface area contributed by atoms with Gasteiger partial charge in [-0.1, -0.05) is 48.5 Å². The SMILES string of the molecule is COC(=O)[C@@H](Cc1ccc(C(F)(F)F)cc1)NC(=O)c1cccc2ccccc12. The molecule has 3 aromatic rings. The predicted molar refractivity (Wildman–Crippen MR) is 102 cm³/mol. The van der Waals surface area contributed by atoms with Crippen LogP contribution >= 0.6 is 0 Å². The van der Waals surface area contributed by atoms with Crippen LogP contribution in [0.15, 0.2) is 66.7 Å². The van der Waals surface area contributed by atoms with Gasteiger partial charge in [-0.2, -0.15) is 13.2 Å². The molecule has 0 fully saturated rings. The quantitative estimate of drug-likeness (QED) is 0.646. The zero-order valence-electron chi connectivity index (χ0n) is 15.5. The molecule has 0 saturated carbocycles. The van der Waals surface area contributed by atoms with E-state index in [0.717, 1.165) is 22.9 Å². The molecule has 3 rings (SSSR count). The molecule has 0 saturated heterocycles. The monoisotopic (exact) mass is 401 g/mol. The Hall–Kier alpha value is -3.35. The number of esters is 1. The van der Waals surface area contributed by atoms with Gasteiger partial charge in [0.05, 0.1) is 12.7 Å². The van der Waals surface area contributed by atoms with Crippen LogP contribution in [0.1, 0.15) is 21.5 Å². The highest BCUT2D eigenvalue weighted by molar-refractivity contribution is 6.08. The van der Waals surface area contributed by atoms with E-state index in [1.54, 1.807) is 24.3 Å². The van der Waals surface area contributed by atoms with Crippen LogP contribution in [0, 0.1) is 0 Å². The highest BCUT2D eigenvalue weighted by Gasteiger charge is 2.30. The lowest BCUT2D eigenvalue weighted by molar-refractivity contribution is -0.143. The van der Waals surface area contributed by atoms with Crippen LogP contribution < -0.4 is 5.32 Å². The molecule has 0 aliphatic heterocycles. The number of halogens is 3. The van der Waals surface area contributed by atoms with Gasteiger partial charge in [0.1, 0.15) is 6.04 Å². The van der Waals surface area contributed by atoms with Gasteiger partial charge in [0.25, 0.3) is 5.91 Å². The van der Waals surface area contributed by atoms with Crippen molar-refractivity contribution in [2.24, 2.45) is 0 Å². The van der Waals surface area contributed by atoms with Gasteiger partial charge in [-0.25, -0.2) is 4.79 Å². The minimum absolute atomic E-state index is 0.00131. The Morgan fingerprint density at radius 1 is 0.966 bits per heavy atom. The van der Waals surface area contributed by atoms with Crippen LogP contribution in [-0.4, -0.2) is 25.0 Å². The van der Waals surface area contributed by atoms with E-state index in [1.165, 1.54) is 19.2 Å². The maximum Gasteiger partial charge on any atom is 0.416 e. The number of fused-ring (bicyclic) bond motifs is 1. The first-order valence-electron chi connectivity index (χ1n) is 8.82. The Kier molecular flexibility index (Phi) is 5.87. The number of carbonyl (C=O) groups is 2. The van der Waals surface area contributed by atoms with Crippen LogP contribution in [0.5, 0.6) is 0 Å². The Bertz CT molecular complexity index is 1020. The van der Waals surface area contributed by atoms with E-state index in [2.05, 4.69) is 5.32 Å². The molecule has 0 unspecified atom stereocenters. The summed E-state index contributed by atoms with van der Waals surface area (Å²) in [5.74, 6) is -1.15.